The number of para-hydroxylation sites is 2. The number of rotatable bonds is 6. The molecule has 0 aliphatic carbocycles. The van der Waals surface area contributed by atoms with Crippen molar-refractivity contribution < 1.29 is 9.53 Å². The third-order valence-corrected chi connectivity index (χ3v) is 5.11. The standard InChI is InChI=1S/C23H24N6O2/c1-4-14(2)26-23(30)19-20-22(28-18-11-6-5-10-17(18)27-20)29(21(19)24)25-13-15-8-7-9-16(12-15)31-3/h5-14H,4,24H2,1-3H3,(H,26,30). The van der Waals surface area contributed by atoms with Gasteiger partial charge in [-0.15, -0.1) is 0 Å². The Morgan fingerprint density at radius 1 is 1.23 bits per heavy atom. The molecule has 158 valence electrons. The number of methoxy groups -OCH3 is 1. The summed E-state index contributed by atoms with van der Waals surface area (Å²) in [7, 11) is 1.61. The van der Waals surface area contributed by atoms with Gasteiger partial charge in [-0.1, -0.05) is 31.2 Å². The van der Waals surface area contributed by atoms with Crippen LogP contribution in [0.2, 0.25) is 0 Å². The number of nitrogens with two attached hydrogens (primary N) is 1. The number of hydrogen-bond acceptors (Lipinski definition) is 6. The molecule has 4 aromatic rings. The van der Waals surface area contributed by atoms with Crippen LogP contribution in [0.5, 0.6) is 5.75 Å². The number of carbonyl (C=O) groups excluding carboxylic acids is 1. The summed E-state index contributed by atoms with van der Waals surface area (Å²) in [4.78, 5) is 22.4. The number of fused-ring (bicyclic) bond motifs is 2. The molecule has 0 radical (unpaired) electrons. The Morgan fingerprint density at radius 3 is 2.68 bits per heavy atom. The monoisotopic (exact) mass is 416 g/mol. The van der Waals surface area contributed by atoms with Crippen molar-refractivity contribution in [2.75, 3.05) is 12.8 Å². The van der Waals surface area contributed by atoms with Gasteiger partial charge < -0.3 is 15.8 Å². The Labute approximate surface area is 179 Å². The number of hydrogen-bond donors (Lipinski definition) is 2. The molecular weight excluding hydrogens is 392 g/mol. The molecule has 2 heterocycles. The number of carbonyl (C=O) groups is 1. The summed E-state index contributed by atoms with van der Waals surface area (Å²) in [5.41, 5.74) is 9.71. The molecule has 0 saturated heterocycles. The van der Waals surface area contributed by atoms with Crippen molar-refractivity contribution in [3.63, 3.8) is 0 Å². The second-order valence-corrected chi connectivity index (χ2v) is 7.26. The van der Waals surface area contributed by atoms with E-state index >= 15 is 0 Å². The van der Waals surface area contributed by atoms with Crippen molar-refractivity contribution in [3.8, 4) is 5.75 Å². The van der Waals surface area contributed by atoms with Crippen LogP contribution in [0.4, 0.5) is 5.82 Å². The zero-order valence-electron chi connectivity index (χ0n) is 17.7. The quantitative estimate of drug-likeness (QED) is 0.467. The average molecular weight is 416 g/mol. The van der Waals surface area contributed by atoms with E-state index in [2.05, 4.69) is 20.4 Å². The SMILES string of the molecule is CCC(C)NC(=O)c1c(N)n(N=Cc2cccc(OC)c2)c2nc3ccccc3nc12. The Morgan fingerprint density at radius 2 is 1.97 bits per heavy atom. The Balaban J connectivity index is 1.89. The minimum absolute atomic E-state index is 0.000925. The number of anilines is 1. The van der Waals surface area contributed by atoms with Gasteiger partial charge in [-0.25, -0.2) is 9.97 Å². The lowest BCUT2D eigenvalue weighted by Gasteiger charge is -2.11. The summed E-state index contributed by atoms with van der Waals surface area (Å²) >= 11 is 0. The summed E-state index contributed by atoms with van der Waals surface area (Å²) in [5.74, 6) is 0.607. The summed E-state index contributed by atoms with van der Waals surface area (Å²) in [6.07, 6.45) is 2.44. The third-order valence-electron chi connectivity index (χ3n) is 5.11. The van der Waals surface area contributed by atoms with Crippen LogP contribution in [0, 0.1) is 0 Å². The van der Waals surface area contributed by atoms with Gasteiger partial charge >= 0.3 is 0 Å². The van der Waals surface area contributed by atoms with Crippen molar-refractivity contribution in [1.29, 1.82) is 0 Å². The fourth-order valence-electron chi connectivity index (χ4n) is 3.23. The normalized spacial score (nSPS) is 12.5. The maximum Gasteiger partial charge on any atom is 0.257 e. The summed E-state index contributed by atoms with van der Waals surface area (Å²) in [6.45, 7) is 3.94. The first-order chi connectivity index (χ1) is 15.0. The van der Waals surface area contributed by atoms with Gasteiger partial charge in [-0.2, -0.15) is 9.78 Å². The number of aromatic nitrogens is 3. The molecule has 0 aliphatic heterocycles. The number of nitrogen functional groups attached to an aromatic ring is 1. The van der Waals surface area contributed by atoms with Crippen LogP contribution in [0.1, 0.15) is 36.2 Å². The third kappa shape index (κ3) is 3.92. The molecule has 3 N–H and O–H groups in total. The van der Waals surface area contributed by atoms with Crippen molar-refractivity contribution >= 4 is 40.1 Å². The van der Waals surface area contributed by atoms with Gasteiger partial charge in [-0.05, 0) is 43.2 Å². The predicted octanol–water partition coefficient (Wildman–Crippen LogP) is 3.59. The van der Waals surface area contributed by atoms with Crippen molar-refractivity contribution in [3.05, 3.63) is 59.7 Å². The molecule has 1 amide bonds. The second-order valence-electron chi connectivity index (χ2n) is 7.26. The van der Waals surface area contributed by atoms with Crippen LogP contribution in [0.15, 0.2) is 53.6 Å². The molecule has 2 aromatic heterocycles. The first-order valence-corrected chi connectivity index (χ1v) is 10.1. The molecule has 0 aliphatic rings. The maximum atomic E-state index is 13.0. The topological polar surface area (TPSA) is 107 Å². The van der Waals surface area contributed by atoms with E-state index in [-0.39, 0.29) is 23.3 Å². The highest BCUT2D eigenvalue weighted by atomic mass is 16.5. The van der Waals surface area contributed by atoms with Gasteiger partial charge in [0.25, 0.3) is 5.91 Å². The highest BCUT2D eigenvalue weighted by Gasteiger charge is 2.24. The smallest absolute Gasteiger partial charge is 0.257 e. The zero-order valence-corrected chi connectivity index (χ0v) is 17.7. The van der Waals surface area contributed by atoms with E-state index in [0.717, 1.165) is 12.0 Å². The molecule has 0 fully saturated rings. The predicted molar refractivity (Wildman–Crippen MR) is 123 cm³/mol. The van der Waals surface area contributed by atoms with Crippen LogP contribution in [-0.2, 0) is 0 Å². The van der Waals surface area contributed by atoms with Gasteiger partial charge in [0.05, 0.1) is 24.4 Å². The van der Waals surface area contributed by atoms with Gasteiger partial charge in [0.1, 0.15) is 22.6 Å². The fourth-order valence-corrected chi connectivity index (χ4v) is 3.23. The summed E-state index contributed by atoms with van der Waals surface area (Å²) in [6, 6.07) is 14.9. The highest BCUT2D eigenvalue weighted by Crippen LogP contribution is 2.28. The van der Waals surface area contributed by atoms with Gasteiger partial charge in [-0.3, -0.25) is 4.79 Å². The van der Waals surface area contributed by atoms with Crippen molar-refractivity contribution in [2.24, 2.45) is 5.10 Å². The van der Waals surface area contributed by atoms with E-state index in [4.69, 9.17) is 10.5 Å². The average Bonchev–Trinajstić information content (AvgIpc) is 3.06. The van der Waals surface area contributed by atoms with Crippen LogP contribution < -0.4 is 15.8 Å². The largest absolute Gasteiger partial charge is 0.497 e. The molecule has 0 spiro atoms. The molecule has 8 heteroatoms. The van der Waals surface area contributed by atoms with Crippen LogP contribution in [-0.4, -0.2) is 39.9 Å². The van der Waals surface area contributed by atoms with Crippen LogP contribution in [0.25, 0.3) is 22.2 Å². The molecule has 1 unspecified atom stereocenters. The zero-order chi connectivity index (χ0) is 22.0. The Bertz CT molecular complexity index is 1290. The minimum atomic E-state index is -0.295. The van der Waals surface area contributed by atoms with Crippen molar-refractivity contribution in [1.82, 2.24) is 20.0 Å². The lowest BCUT2D eigenvalue weighted by atomic mass is 10.2. The van der Waals surface area contributed by atoms with E-state index in [1.54, 1.807) is 13.3 Å². The lowest BCUT2D eigenvalue weighted by molar-refractivity contribution is 0.0941. The number of nitrogens with zero attached hydrogens (tertiary/aromatic N) is 4. The molecule has 31 heavy (non-hydrogen) atoms. The number of ether oxygens (including phenoxy) is 1. The summed E-state index contributed by atoms with van der Waals surface area (Å²) < 4.78 is 6.72. The molecule has 0 bridgehead atoms. The number of nitrogens with one attached hydrogen (secondary N) is 1. The molecule has 4 rings (SSSR count). The van der Waals surface area contributed by atoms with E-state index in [1.165, 1.54) is 4.68 Å². The first-order valence-electron chi connectivity index (χ1n) is 10.1. The van der Waals surface area contributed by atoms with E-state index in [9.17, 15) is 4.79 Å². The summed E-state index contributed by atoms with van der Waals surface area (Å²) in [5, 5.41) is 7.48. The molecule has 1 atom stereocenters. The van der Waals surface area contributed by atoms with Gasteiger partial charge in [0, 0.05) is 6.04 Å². The number of amides is 1. The van der Waals surface area contributed by atoms with Gasteiger partial charge in [0.2, 0.25) is 0 Å². The second kappa shape index (κ2) is 8.43. The van der Waals surface area contributed by atoms with Crippen LogP contribution >= 0.6 is 0 Å². The highest BCUT2D eigenvalue weighted by molar-refractivity contribution is 6.10. The Kier molecular flexibility index (Phi) is 5.53. The fraction of sp³-hybridized carbons (Fsp3) is 0.217. The van der Waals surface area contributed by atoms with E-state index in [1.807, 2.05) is 62.4 Å². The molecule has 2 aromatic carbocycles. The molecule has 8 nitrogen and oxygen atoms in total. The lowest BCUT2D eigenvalue weighted by Crippen LogP contribution is -2.32. The molecule has 0 saturated carbocycles. The van der Waals surface area contributed by atoms with Crippen LogP contribution in [0.3, 0.4) is 0 Å². The van der Waals surface area contributed by atoms with E-state index in [0.29, 0.717) is 27.9 Å². The van der Waals surface area contributed by atoms with E-state index < -0.39 is 0 Å². The van der Waals surface area contributed by atoms with Gasteiger partial charge in [0.15, 0.2) is 5.65 Å². The van der Waals surface area contributed by atoms with Crippen molar-refractivity contribution in [2.45, 2.75) is 26.3 Å². The first kappa shape index (κ1) is 20.3. The molecular formula is C23H24N6O2. The Hall–Kier alpha value is -3.94. The number of benzene rings is 2. The maximum absolute atomic E-state index is 13.0. The minimum Gasteiger partial charge on any atom is -0.497 e.